The number of thioether (sulfide) groups is 1. The van der Waals surface area contributed by atoms with Crippen molar-refractivity contribution in [3.8, 4) is 0 Å². The first-order valence-electron chi connectivity index (χ1n) is 9.96. The van der Waals surface area contributed by atoms with Gasteiger partial charge in [0.2, 0.25) is 5.91 Å². The molecular formula is C22H20Cl2FN5OS. The van der Waals surface area contributed by atoms with E-state index in [0.717, 1.165) is 48.7 Å². The molecule has 0 bridgehead atoms. The van der Waals surface area contributed by atoms with E-state index in [9.17, 15) is 9.18 Å². The van der Waals surface area contributed by atoms with Crippen molar-refractivity contribution in [2.24, 2.45) is 0 Å². The maximum Gasteiger partial charge on any atom is 0.234 e. The third-order valence-electron chi connectivity index (χ3n) is 4.94. The van der Waals surface area contributed by atoms with Crippen molar-refractivity contribution in [2.75, 3.05) is 47.0 Å². The van der Waals surface area contributed by atoms with Crippen LogP contribution in [0.2, 0.25) is 10.2 Å². The van der Waals surface area contributed by atoms with Gasteiger partial charge < -0.3 is 15.1 Å². The molecule has 0 saturated carbocycles. The molecule has 166 valence electrons. The standard InChI is InChI=1S/C22H20Cl2FN5OS/c23-15-5-1-4-8-18(15)29-9-11-30(12-10-29)20-13-19(24)27-22(28-20)32-14-21(31)26-17-7-3-2-6-16(17)25/h1-8,13H,9-12,14H2,(H,26,31). The number of nitrogens with zero attached hydrogens (tertiary/aromatic N) is 4. The first kappa shape index (κ1) is 22.6. The van der Waals surface area contributed by atoms with Crippen molar-refractivity contribution in [1.29, 1.82) is 0 Å². The number of halogens is 3. The van der Waals surface area contributed by atoms with E-state index >= 15 is 0 Å². The van der Waals surface area contributed by atoms with Gasteiger partial charge in [-0.2, -0.15) is 0 Å². The lowest BCUT2D eigenvalue weighted by molar-refractivity contribution is -0.113. The second kappa shape index (κ2) is 10.4. The molecule has 1 fully saturated rings. The zero-order valence-electron chi connectivity index (χ0n) is 17.0. The van der Waals surface area contributed by atoms with Crippen molar-refractivity contribution in [1.82, 2.24) is 9.97 Å². The van der Waals surface area contributed by atoms with Crippen LogP contribution in [0, 0.1) is 5.82 Å². The number of piperazine rings is 1. The Morgan fingerprint density at radius 3 is 2.44 bits per heavy atom. The minimum atomic E-state index is -0.483. The number of rotatable bonds is 6. The first-order chi connectivity index (χ1) is 15.5. The molecule has 10 heteroatoms. The Labute approximate surface area is 199 Å². The molecule has 0 atom stereocenters. The highest BCUT2D eigenvalue weighted by Crippen LogP contribution is 2.28. The Kier molecular flexibility index (Phi) is 7.34. The van der Waals surface area contributed by atoms with Crippen molar-refractivity contribution in [3.63, 3.8) is 0 Å². The molecule has 1 N–H and O–H groups in total. The number of amides is 1. The van der Waals surface area contributed by atoms with Crippen LogP contribution in [0.15, 0.2) is 59.8 Å². The number of anilines is 3. The highest BCUT2D eigenvalue weighted by Gasteiger charge is 2.21. The SMILES string of the molecule is O=C(CSc1nc(Cl)cc(N2CCN(c3ccccc3Cl)CC2)n1)Nc1ccccc1F. The fourth-order valence-electron chi connectivity index (χ4n) is 3.38. The van der Waals surface area contributed by atoms with Gasteiger partial charge in [-0.15, -0.1) is 0 Å². The summed E-state index contributed by atoms with van der Waals surface area (Å²) < 4.78 is 13.7. The minimum absolute atomic E-state index is 0.0361. The Bertz CT molecular complexity index is 1110. The van der Waals surface area contributed by atoms with Crippen LogP contribution in [0.5, 0.6) is 0 Å². The summed E-state index contributed by atoms with van der Waals surface area (Å²) in [4.78, 5) is 25.3. The fourth-order valence-corrected chi connectivity index (χ4v) is 4.51. The zero-order valence-corrected chi connectivity index (χ0v) is 19.3. The molecule has 3 aromatic rings. The van der Waals surface area contributed by atoms with E-state index in [1.807, 2.05) is 24.3 Å². The van der Waals surface area contributed by atoms with E-state index in [1.54, 1.807) is 18.2 Å². The van der Waals surface area contributed by atoms with Crippen LogP contribution in [0.25, 0.3) is 0 Å². The predicted molar refractivity (Wildman–Crippen MR) is 129 cm³/mol. The Hall–Kier alpha value is -2.55. The van der Waals surface area contributed by atoms with Gasteiger partial charge in [-0.25, -0.2) is 14.4 Å². The number of hydrogen-bond donors (Lipinski definition) is 1. The number of carbonyl (C=O) groups is 1. The van der Waals surface area contributed by atoms with E-state index in [1.165, 1.54) is 12.1 Å². The molecular weight excluding hydrogens is 472 g/mol. The number of nitrogens with one attached hydrogen (secondary N) is 1. The monoisotopic (exact) mass is 491 g/mol. The number of benzene rings is 2. The van der Waals surface area contributed by atoms with Crippen LogP contribution >= 0.6 is 35.0 Å². The Morgan fingerprint density at radius 1 is 1.00 bits per heavy atom. The Morgan fingerprint density at radius 2 is 1.69 bits per heavy atom. The van der Waals surface area contributed by atoms with Gasteiger partial charge in [0.1, 0.15) is 16.8 Å². The lowest BCUT2D eigenvalue weighted by Gasteiger charge is -2.37. The van der Waals surface area contributed by atoms with Gasteiger partial charge in [0.15, 0.2) is 5.16 Å². The van der Waals surface area contributed by atoms with Crippen LogP contribution in [0.1, 0.15) is 0 Å². The predicted octanol–water partition coefficient (Wildman–Crippen LogP) is 4.98. The summed E-state index contributed by atoms with van der Waals surface area (Å²) in [6.07, 6.45) is 0. The summed E-state index contributed by atoms with van der Waals surface area (Å²) in [5, 5.41) is 3.98. The highest BCUT2D eigenvalue weighted by atomic mass is 35.5. The highest BCUT2D eigenvalue weighted by molar-refractivity contribution is 7.99. The van der Waals surface area contributed by atoms with Crippen LogP contribution in [-0.4, -0.2) is 47.8 Å². The maximum absolute atomic E-state index is 13.7. The van der Waals surface area contributed by atoms with Crippen molar-refractivity contribution in [3.05, 3.63) is 70.6 Å². The van der Waals surface area contributed by atoms with E-state index < -0.39 is 5.82 Å². The molecule has 1 aliphatic heterocycles. The van der Waals surface area contributed by atoms with E-state index in [-0.39, 0.29) is 17.3 Å². The van der Waals surface area contributed by atoms with Gasteiger partial charge in [0.25, 0.3) is 0 Å². The summed E-state index contributed by atoms with van der Waals surface area (Å²) in [6, 6.07) is 15.5. The molecule has 4 rings (SSSR count). The number of hydrogen-bond acceptors (Lipinski definition) is 6. The second-order valence-electron chi connectivity index (χ2n) is 7.07. The van der Waals surface area contributed by atoms with Crippen LogP contribution in [-0.2, 0) is 4.79 Å². The molecule has 2 aromatic carbocycles. The van der Waals surface area contributed by atoms with Gasteiger partial charge in [-0.3, -0.25) is 4.79 Å². The van der Waals surface area contributed by atoms with E-state index in [4.69, 9.17) is 23.2 Å². The van der Waals surface area contributed by atoms with Crippen molar-refractivity contribution >= 4 is 58.1 Å². The van der Waals surface area contributed by atoms with Crippen LogP contribution in [0.3, 0.4) is 0 Å². The molecule has 1 saturated heterocycles. The lowest BCUT2D eigenvalue weighted by Crippen LogP contribution is -2.47. The third kappa shape index (κ3) is 5.62. The normalized spacial score (nSPS) is 13.8. The van der Waals surface area contributed by atoms with E-state index in [0.29, 0.717) is 16.1 Å². The number of para-hydroxylation sites is 2. The van der Waals surface area contributed by atoms with Gasteiger partial charge in [0, 0.05) is 32.2 Å². The van der Waals surface area contributed by atoms with Crippen LogP contribution in [0.4, 0.5) is 21.6 Å². The topological polar surface area (TPSA) is 61.4 Å². The third-order valence-corrected chi connectivity index (χ3v) is 6.30. The van der Waals surface area contributed by atoms with Gasteiger partial charge in [-0.05, 0) is 24.3 Å². The minimum Gasteiger partial charge on any atom is -0.367 e. The Balaban J connectivity index is 1.36. The molecule has 1 aromatic heterocycles. The summed E-state index contributed by atoms with van der Waals surface area (Å²) in [7, 11) is 0. The number of carbonyl (C=O) groups excluding carboxylic acids is 1. The average Bonchev–Trinajstić information content (AvgIpc) is 2.79. The quantitative estimate of drug-likeness (QED) is 0.298. The fraction of sp³-hybridized carbons (Fsp3) is 0.227. The average molecular weight is 492 g/mol. The first-order valence-corrected chi connectivity index (χ1v) is 11.7. The van der Waals surface area contributed by atoms with Gasteiger partial charge in [0.05, 0.1) is 22.2 Å². The molecule has 0 aliphatic carbocycles. The molecule has 0 unspecified atom stereocenters. The summed E-state index contributed by atoms with van der Waals surface area (Å²) in [6.45, 7) is 3.07. The molecule has 1 amide bonds. The van der Waals surface area contributed by atoms with Gasteiger partial charge in [-0.1, -0.05) is 59.2 Å². The van der Waals surface area contributed by atoms with Crippen LogP contribution < -0.4 is 15.1 Å². The molecule has 0 radical (unpaired) electrons. The number of aromatic nitrogens is 2. The lowest BCUT2D eigenvalue weighted by atomic mass is 10.2. The molecule has 1 aliphatic rings. The second-order valence-corrected chi connectivity index (χ2v) is 8.81. The van der Waals surface area contributed by atoms with Crippen molar-refractivity contribution < 1.29 is 9.18 Å². The van der Waals surface area contributed by atoms with Crippen molar-refractivity contribution in [2.45, 2.75) is 5.16 Å². The maximum atomic E-state index is 13.7. The van der Waals surface area contributed by atoms with Gasteiger partial charge >= 0.3 is 0 Å². The molecule has 6 nitrogen and oxygen atoms in total. The summed E-state index contributed by atoms with van der Waals surface area (Å²) in [5.41, 5.74) is 1.16. The molecule has 2 heterocycles. The zero-order chi connectivity index (χ0) is 22.5. The largest absolute Gasteiger partial charge is 0.367 e. The molecule has 32 heavy (non-hydrogen) atoms. The smallest absolute Gasteiger partial charge is 0.234 e. The molecule has 0 spiro atoms. The summed E-state index contributed by atoms with van der Waals surface area (Å²) in [5.74, 6) is -0.0866. The summed E-state index contributed by atoms with van der Waals surface area (Å²) >= 11 is 13.7. The van der Waals surface area contributed by atoms with E-state index in [2.05, 4.69) is 25.1 Å².